The third-order valence-electron chi connectivity index (χ3n) is 2.68. The van der Waals surface area contributed by atoms with Gasteiger partial charge in [0.05, 0.1) is 26.2 Å². The molecule has 0 heterocycles. The molecule has 0 fully saturated rings. The topological polar surface area (TPSA) is 74.6 Å². The van der Waals surface area contributed by atoms with Gasteiger partial charge < -0.3 is 5.91 Å². The molecule has 0 atom stereocenters. The molecule has 0 saturated heterocycles. The first-order valence-electron chi connectivity index (χ1n) is 4.79. The normalized spacial score (nSPS) is 11.9. The molecule has 14 heavy (non-hydrogen) atoms. The van der Waals surface area contributed by atoms with Gasteiger partial charge in [0.2, 0.25) is 0 Å². The van der Waals surface area contributed by atoms with Crippen molar-refractivity contribution in [1.82, 2.24) is 0 Å². The molecule has 0 aliphatic rings. The largest absolute Gasteiger partial charge is 1.00 e. The van der Waals surface area contributed by atoms with E-state index in [1.54, 1.807) is 0 Å². The maximum Gasteiger partial charge on any atom is 0.394 e. The maximum absolute atomic E-state index is 8.74. The lowest BCUT2D eigenvalue weighted by Gasteiger charge is -2.34. The van der Waals surface area contributed by atoms with Crippen LogP contribution in [0.25, 0.3) is 0 Å². The number of rotatable bonds is 4. The van der Waals surface area contributed by atoms with E-state index in [0.29, 0.717) is 0 Å². The molecular weight excluding hydrogens is 206 g/mol. The van der Waals surface area contributed by atoms with Crippen molar-refractivity contribution in [3.05, 3.63) is 0 Å². The molecule has 0 rings (SSSR count). The van der Waals surface area contributed by atoms with Gasteiger partial charge in [-0.25, -0.2) is 0 Å². The van der Waals surface area contributed by atoms with Crippen molar-refractivity contribution < 1.29 is 23.4 Å². The van der Waals surface area contributed by atoms with Gasteiger partial charge >= 0.3 is 10.4 Å². The standard InChI is InChI=1S/C8H20N.H2O4S.H/c1-5-9(6-2,7-3)8-4;1-5(2,3)4;/h5-8H2,1-4H3;(H2,1,2,3,4);/q+1;;-1. The summed E-state index contributed by atoms with van der Waals surface area (Å²) in [6.07, 6.45) is 0. The summed E-state index contributed by atoms with van der Waals surface area (Å²) in [6.45, 7) is 14.2. The molecule has 0 unspecified atom stereocenters. The SMILES string of the molecule is CC[N+](CC)(CC)CC.O=S(=O)(O)O.[H-]. The Morgan fingerprint density at radius 2 is 1.07 bits per heavy atom. The minimum atomic E-state index is -4.67. The van der Waals surface area contributed by atoms with Crippen molar-refractivity contribution in [2.75, 3.05) is 26.2 Å². The van der Waals surface area contributed by atoms with Gasteiger partial charge in [-0.15, -0.1) is 0 Å². The molecule has 0 aromatic heterocycles. The second kappa shape index (κ2) is 7.17. The quantitative estimate of drug-likeness (QED) is 0.563. The monoisotopic (exact) mass is 229 g/mol. The van der Waals surface area contributed by atoms with Gasteiger partial charge in [-0.05, 0) is 27.7 Å². The summed E-state index contributed by atoms with van der Waals surface area (Å²) in [6, 6.07) is 0. The van der Waals surface area contributed by atoms with Crippen LogP contribution in [0.5, 0.6) is 0 Å². The second-order valence-corrected chi connectivity index (χ2v) is 3.95. The zero-order valence-corrected chi connectivity index (χ0v) is 10.2. The summed E-state index contributed by atoms with van der Waals surface area (Å²) >= 11 is 0. The second-order valence-electron chi connectivity index (χ2n) is 3.05. The third kappa shape index (κ3) is 9.91. The lowest BCUT2D eigenvalue weighted by atomic mass is 10.3. The molecule has 0 aliphatic carbocycles. The molecule has 2 N–H and O–H groups in total. The fraction of sp³-hybridized carbons (Fsp3) is 1.00. The Labute approximate surface area is 88.4 Å². The molecule has 0 radical (unpaired) electrons. The van der Waals surface area contributed by atoms with E-state index in [9.17, 15) is 0 Å². The van der Waals surface area contributed by atoms with Crippen LogP contribution in [0.15, 0.2) is 0 Å². The summed E-state index contributed by atoms with van der Waals surface area (Å²) in [5.41, 5.74) is 0. The van der Waals surface area contributed by atoms with Gasteiger partial charge in [0, 0.05) is 0 Å². The fourth-order valence-corrected chi connectivity index (χ4v) is 1.34. The Morgan fingerprint density at radius 3 is 1.07 bits per heavy atom. The zero-order chi connectivity index (χ0) is 11.8. The van der Waals surface area contributed by atoms with Crippen molar-refractivity contribution in [3.63, 3.8) is 0 Å². The van der Waals surface area contributed by atoms with Crippen LogP contribution in [0.4, 0.5) is 0 Å². The average Bonchev–Trinajstić information content (AvgIpc) is 2.07. The highest BCUT2D eigenvalue weighted by Gasteiger charge is 2.16. The van der Waals surface area contributed by atoms with E-state index in [2.05, 4.69) is 27.7 Å². The van der Waals surface area contributed by atoms with Crippen molar-refractivity contribution in [2.45, 2.75) is 27.7 Å². The first kappa shape index (κ1) is 16.3. The van der Waals surface area contributed by atoms with Crippen LogP contribution < -0.4 is 0 Å². The maximum atomic E-state index is 8.74. The lowest BCUT2D eigenvalue weighted by Crippen LogP contribution is -2.47. The summed E-state index contributed by atoms with van der Waals surface area (Å²) in [4.78, 5) is 0. The van der Waals surface area contributed by atoms with E-state index < -0.39 is 10.4 Å². The van der Waals surface area contributed by atoms with Gasteiger partial charge in [-0.2, -0.15) is 8.42 Å². The number of hydrogen-bond donors (Lipinski definition) is 2. The molecule has 0 aromatic carbocycles. The van der Waals surface area contributed by atoms with Crippen LogP contribution in [-0.4, -0.2) is 48.2 Å². The van der Waals surface area contributed by atoms with Crippen LogP contribution in [0.1, 0.15) is 29.1 Å². The Balaban J connectivity index is -0.000000208. The highest BCUT2D eigenvalue weighted by molar-refractivity contribution is 7.79. The fourth-order valence-electron chi connectivity index (χ4n) is 1.34. The van der Waals surface area contributed by atoms with Gasteiger partial charge in [0.1, 0.15) is 0 Å². The number of hydrogen-bond acceptors (Lipinski definition) is 2. The molecule has 0 aliphatic heterocycles. The Kier molecular flexibility index (Phi) is 8.33. The molecule has 0 spiro atoms. The first-order valence-corrected chi connectivity index (χ1v) is 6.19. The molecule has 0 aromatic rings. The average molecular weight is 229 g/mol. The summed E-state index contributed by atoms with van der Waals surface area (Å²) in [5.74, 6) is 0. The highest BCUT2D eigenvalue weighted by atomic mass is 32.3. The van der Waals surface area contributed by atoms with Crippen LogP contribution in [0.3, 0.4) is 0 Å². The van der Waals surface area contributed by atoms with Crippen molar-refractivity contribution in [3.8, 4) is 0 Å². The van der Waals surface area contributed by atoms with E-state index in [0.717, 1.165) is 0 Å². The van der Waals surface area contributed by atoms with Crippen molar-refractivity contribution >= 4 is 10.4 Å². The third-order valence-corrected chi connectivity index (χ3v) is 2.68. The van der Waals surface area contributed by atoms with E-state index in [1.807, 2.05) is 0 Å². The van der Waals surface area contributed by atoms with E-state index in [-0.39, 0.29) is 1.43 Å². The number of quaternary nitrogens is 1. The minimum Gasteiger partial charge on any atom is -1.00 e. The van der Waals surface area contributed by atoms with Crippen LogP contribution in [-0.2, 0) is 10.4 Å². The van der Waals surface area contributed by atoms with E-state index >= 15 is 0 Å². The van der Waals surface area contributed by atoms with Gasteiger partial charge in [-0.3, -0.25) is 9.11 Å². The Hall–Kier alpha value is -0.170. The van der Waals surface area contributed by atoms with Crippen molar-refractivity contribution in [1.29, 1.82) is 0 Å². The highest BCUT2D eigenvalue weighted by Crippen LogP contribution is 2.03. The molecule has 6 heteroatoms. The molecule has 5 nitrogen and oxygen atoms in total. The summed E-state index contributed by atoms with van der Waals surface area (Å²) in [7, 11) is -4.67. The van der Waals surface area contributed by atoms with Crippen molar-refractivity contribution in [2.24, 2.45) is 0 Å². The van der Waals surface area contributed by atoms with Crippen LogP contribution in [0.2, 0.25) is 0 Å². The predicted octanol–water partition coefficient (Wildman–Crippen LogP) is 1.34. The molecule has 0 saturated carbocycles. The molecular formula is C8H23NO4S. The van der Waals surface area contributed by atoms with E-state index in [1.165, 1.54) is 30.7 Å². The molecule has 0 amide bonds. The summed E-state index contributed by atoms with van der Waals surface area (Å²) in [5, 5.41) is 0. The molecule has 0 bridgehead atoms. The van der Waals surface area contributed by atoms with E-state index in [4.69, 9.17) is 17.5 Å². The lowest BCUT2D eigenvalue weighted by molar-refractivity contribution is -0.921. The van der Waals surface area contributed by atoms with Gasteiger partial charge in [-0.1, -0.05) is 0 Å². The predicted molar refractivity (Wildman–Crippen MR) is 57.7 cm³/mol. The van der Waals surface area contributed by atoms with Gasteiger partial charge in [0.25, 0.3) is 0 Å². The summed E-state index contributed by atoms with van der Waals surface area (Å²) < 4.78 is 32.9. The number of nitrogens with zero attached hydrogens (tertiary/aromatic N) is 1. The Morgan fingerprint density at radius 1 is 0.929 bits per heavy atom. The smallest absolute Gasteiger partial charge is 0.394 e. The minimum absolute atomic E-state index is 0. The van der Waals surface area contributed by atoms with Crippen LogP contribution >= 0.6 is 0 Å². The van der Waals surface area contributed by atoms with Crippen LogP contribution in [0, 0.1) is 0 Å². The van der Waals surface area contributed by atoms with Gasteiger partial charge in [0.15, 0.2) is 0 Å². The Bertz CT molecular complexity index is 201. The molecule has 90 valence electrons. The zero-order valence-electron chi connectivity index (χ0n) is 10.4. The first-order chi connectivity index (χ1) is 6.24.